The number of aromatic carboxylic acids is 1. The summed E-state index contributed by atoms with van der Waals surface area (Å²) < 4.78 is 26.2. The summed E-state index contributed by atoms with van der Waals surface area (Å²) in [6, 6.07) is 4.88. The van der Waals surface area contributed by atoms with E-state index in [9.17, 15) is 13.2 Å². The normalized spacial score (nSPS) is 20.6. The van der Waals surface area contributed by atoms with Crippen molar-refractivity contribution in [2.75, 3.05) is 31.1 Å². The van der Waals surface area contributed by atoms with Crippen LogP contribution in [0.4, 0.5) is 5.82 Å². The van der Waals surface area contributed by atoms with E-state index in [1.54, 1.807) is 16.4 Å². The number of aromatic nitrogens is 1. The number of sulfonamides is 1. The summed E-state index contributed by atoms with van der Waals surface area (Å²) in [4.78, 5) is 17.1. The summed E-state index contributed by atoms with van der Waals surface area (Å²) in [6.45, 7) is 2.15. The summed E-state index contributed by atoms with van der Waals surface area (Å²) in [5.41, 5.74) is 0.00389. The van der Waals surface area contributed by atoms with Crippen molar-refractivity contribution >= 4 is 21.8 Å². The zero-order valence-corrected chi connectivity index (χ0v) is 13.0. The van der Waals surface area contributed by atoms with Gasteiger partial charge in [-0.15, -0.1) is 0 Å². The minimum Gasteiger partial charge on any atom is -0.477 e. The van der Waals surface area contributed by atoms with Crippen LogP contribution in [0.3, 0.4) is 0 Å². The molecule has 1 saturated carbocycles. The van der Waals surface area contributed by atoms with Crippen LogP contribution in [0.1, 0.15) is 29.8 Å². The number of carboxylic acid groups (broad SMARTS) is 1. The average molecular weight is 325 g/mol. The van der Waals surface area contributed by atoms with Gasteiger partial charge in [0.2, 0.25) is 10.0 Å². The zero-order chi connectivity index (χ0) is 15.7. The first-order chi connectivity index (χ1) is 10.5. The van der Waals surface area contributed by atoms with Crippen molar-refractivity contribution in [1.29, 1.82) is 0 Å². The Labute approximate surface area is 129 Å². The number of pyridine rings is 1. The highest BCUT2D eigenvalue weighted by molar-refractivity contribution is 7.90. The van der Waals surface area contributed by atoms with Crippen molar-refractivity contribution in [3.05, 3.63) is 23.9 Å². The van der Waals surface area contributed by atoms with Gasteiger partial charge in [0.1, 0.15) is 5.82 Å². The highest BCUT2D eigenvalue weighted by Gasteiger charge is 2.40. The van der Waals surface area contributed by atoms with Gasteiger partial charge in [-0.05, 0) is 31.4 Å². The van der Waals surface area contributed by atoms with Gasteiger partial charge in [0.05, 0.1) is 5.25 Å². The highest BCUT2D eigenvalue weighted by Crippen LogP contribution is 2.31. The van der Waals surface area contributed by atoms with Crippen LogP contribution in [-0.4, -0.2) is 60.2 Å². The Bertz CT molecular complexity index is 672. The second-order valence-electron chi connectivity index (χ2n) is 5.67. The Kier molecular flexibility index (Phi) is 4.05. The van der Waals surface area contributed by atoms with Crippen molar-refractivity contribution in [2.45, 2.75) is 24.5 Å². The summed E-state index contributed by atoms with van der Waals surface area (Å²) in [7, 11) is -3.15. The SMILES string of the molecule is O=C(O)c1cccc(N2CCCN(S(=O)(=O)C3CC3)CC2)n1. The smallest absolute Gasteiger partial charge is 0.354 e. The number of nitrogens with zero attached hydrogens (tertiary/aromatic N) is 3. The van der Waals surface area contributed by atoms with Gasteiger partial charge in [0.25, 0.3) is 0 Å². The van der Waals surface area contributed by atoms with Crippen LogP contribution in [0.15, 0.2) is 18.2 Å². The molecular weight excluding hydrogens is 306 g/mol. The number of anilines is 1. The van der Waals surface area contributed by atoms with E-state index in [4.69, 9.17) is 5.11 Å². The minimum absolute atomic E-state index is 0.00389. The van der Waals surface area contributed by atoms with Crippen LogP contribution < -0.4 is 4.90 Å². The van der Waals surface area contributed by atoms with E-state index >= 15 is 0 Å². The molecule has 1 saturated heterocycles. The predicted octanol–water partition coefficient (Wildman–Crippen LogP) is 0.784. The first kappa shape index (κ1) is 15.2. The van der Waals surface area contributed by atoms with E-state index in [1.807, 2.05) is 4.90 Å². The Hall–Kier alpha value is -1.67. The quantitative estimate of drug-likeness (QED) is 0.880. The third-order valence-corrected chi connectivity index (χ3v) is 6.44. The van der Waals surface area contributed by atoms with Crippen LogP contribution in [-0.2, 0) is 10.0 Å². The summed E-state index contributed by atoms with van der Waals surface area (Å²) in [6.07, 6.45) is 2.25. The van der Waals surface area contributed by atoms with Crippen LogP contribution >= 0.6 is 0 Å². The van der Waals surface area contributed by atoms with Crippen molar-refractivity contribution in [3.8, 4) is 0 Å². The van der Waals surface area contributed by atoms with E-state index in [2.05, 4.69) is 4.98 Å². The molecule has 0 atom stereocenters. The summed E-state index contributed by atoms with van der Waals surface area (Å²) in [5, 5.41) is 8.82. The fourth-order valence-electron chi connectivity index (χ4n) is 2.67. The van der Waals surface area contributed by atoms with Crippen molar-refractivity contribution in [2.24, 2.45) is 0 Å². The third-order valence-electron chi connectivity index (χ3n) is 4.04. The van der Waals surface area contributed by atoms with Gasteiger partial charge in [-0.3, -0.25) is 0 Å². The number of hydrogen-bond donors (Lipinski definition) is 1. The standard InChI is InChI=1S/C14H19N3O4S/c18-14(19)12-3-1-4-13(15-12)16-7-2-8-17(10-9-16)22(20,21)11-5-6-11/h1,3-4,11H,2,5-10H2,(H,18,19). The van der Waals surface area contributed by atoms with Crippen molar-refractivity contribution in [1.82, 2.24) is 9.29 Å². The molecule has 0 bridgehead atoms. The first-order valence-electron chi connectivity index (χ1n) is 7.43. The fraction of sp³-hybridized carbons (Fsp3) is 0.571. The molecule has 1 aromatic heterocycles. The summed E-state index contributed by atoms with van der Waals surface area (Å²) in [5.74, 6) is -0.472. The second kappa shape index (κ2) is 5.85. The molecule has 0 spiro atoms. The second-order valence-corrected chi connectivity index (χ2v) is 7.88. The monoisotopic (exact) mass is 325 g/mol. The first-order valence-corrected chi connectivity index (χ1v) is 8.93. The van der Waals surface area contributed by atoms with Crippen LogP contribution in [0.2, 0.25) is 0 Å². The maximum absolute atomic E-state index is 12.3. The number of carbonyl (C=O) groups is 1. The molecule has 0 aromatic carbocycles. The molecule has 0 amide bonds. The molecule has 1 aliphatic heterocycles. The van der Waals surface area contributed by atoms with Gasteiger partial charge < -0.3 is 10.0 Å². The lowest BCUT2D eigenvalue weighted by molar-refractivity contribution is 0.0690. The highest BCUT2D eigenvalue weighted by atomic mass is 32.2. The van der Waals surface area contributed by atoms with Gasteiger partial charge in [-0.25, -0.2) is 18.2 Å². The van der Waals surface area contributed by atoms with Crippen LogP contribution in [0.5, 0.6) is 0 Å². The van der Waals surface area contributed by atoms with E-state index in [0.717, 1.165) is 12.8 Å². The van der Waals surface area contributed by atoms with Crippen LogP contribution in [0, 0.1) is 0 Å². The molecule has 1 N–H and O–H groups in total. The maximum Gasteiger partial charge on any atom is 0.354 e. The van der Waals surface area contributed by atoms with Gasteiger partial charge in [-0.1, -0.05) is 6.07 Å². The largest absolute Gasteiger partial charge is 0.477 e. The molecule has 1 aliphatic carbocycles. The van der Waals surface area contributed by atoms with Gasteiger partial charge in [-0.2, -0.15) is 4.31 Å². The summed E-state index contributed by atoms with van der Waals surface area (Å²) >= 11 is 0. The molecule has 1 aromatic rings. The van der Waals surface area contributed by atoms with Crippen molar-refractivity contribution in [3.63, 3.8) is 0 Å². The molecule has 120 valence electrons. The molecule has 2 fully saturated rings. The Morgan fingerprint density at radius 1 is 1.18 bits per heavy atom. The third kappa shape index (κ3) is 3.07. The number of hydrogen-bond acceptors (Lipinski definition) is 5. The van der Waals surface area contributed by atoms with E-state index in [-0.39, 0.29) is 10.9 Å². The van der Waals surface area contributed by atoms with Crippen LogP contribution in [0.25, 0.3) is 0 Å². The van der Waals surface area contributed by atoms with Gasteiger partial charge in [0.15, 0.2) is 5.69 Å². The molecule has 7 nitrogen and oxygen atoms in total. The lowest BCUT2D eigenvalue weighted by Gasteiger charge is -2.22. The van der Waals surface area contributed by atoms with Gasteiger partial charge in [0, 0.05) is 26.2 Å². The molecule has 22 heavy (non-hydrogen) atoms. The van der Waals surface area contributed by atoms with E-state index in [0.29, 0.717) is 38.4 Å². The molecule has 8 heteroatoms. The molecule has 3 rings (SSSR count). The van der Waals surface area contributed by atoms with E-state index in [1.165, 1.54) is 6.07 Å². The molecule has 2 aliphatic rings. The Morgan fingerprint density at radius 2 is 1.95 bits per heavy atom. The Balaban J connectivity index is 1.72. The Morgan fingerprint density at radius 3 is 2.64 bits per heavy atom. The minimum atomic E-state index is -3.15. The average Bonchev–Trinajstić information content (AvgIpc) is 3.33. The lowest BCUT2D eigenvalue weighted by atomic mass is 10.3. The zero-order valence-electron chi connectivity index (χ0n) is 12.2. The number of carboxylic acids is 1. The predicted molar refractivity (Wildman–Crippen MR) is 81.5 cm³/mol. The van der Waals surface area contributed by atoms with Gasteiger partial charge >= 0.3 is 5.97 Å². The molecular formula is C14H19N3O4S. The molecule has 2 heterocycles. The number of rotatable bonds is 4. The van der Waals surface area contributed by atoms with Crippen molar-refractivity contribution < 1.29 is 18.3 Å². The van der Waals surface area contributed by atoms with E-state index < -0.39 is 16.0 Å². The molecule has 0 radical (unpaired) electrons. The molecule has 0 unspecified atom stereocenters. The topological polar surface area (TPSA) is 90.8 Å². The lowest BCUT2D eigenvalue weighted by Crippen LogP contribution is -2.37. The maximum atomic E-state index is 12.3. The fourth-order valence-corrected chi connectivity index (χ4v) is 4.55.